The van der Waals surface area contributed by atoms with Gasteiger partial charge in [-0.1, -0.05) is 18.2 Å². The maximum absolute atomic E-state index is 12.8. The minimum atomic E-state index is -0.505. The molecule has 154 valence electrons. The van der Waals surface area contributed by atoms with Crippen molar-refractivity contribution in [3.05, 3.63) is 53.6 Å². The quantitative estimate of drug-likeness (QED) is 0.748. The third-order valence-electron chi connectivity index (χ3n) is 4.66. The normalized spacial score (nSPS) is 15.7. The summed E-state index contributed by atoms with van der Waals surface area (Å²) in [4.78, 5) is 27.2. The first-order valence-corrected chi connectivity index (χ1v) is 10.2. The second kappa shape index (κ2) is 9.56. The molecule has 1 fully saturated rings. The fraction of sp³-hybridized carbons (Fsp3) is 0.333. The van der Waals surface area contributed by atoms with Crippen molar-refractivity contribution in [1.29, 1.82) is 0 Å². The van der Waals surface area contributed by atoms with Crippen LogP contribution in [0.1, 0.15) is 15.9 Å². The fourth-order valence-electron chi connectivity index (χ4n) is 3.15. The van der Waals surface area contributed by atoms with Gasteiger partial charge in [-0.3, -0.25) is 9.59 Å². The van der Waals surface area contributed by atoms with Gasteiger partial charge in [-0.2, -0.15) is 0 Å². The van der Waals surface area contributed by atoms with Crippen molar-refractivity contribution in [2.45, 2.75) is 12.6 Å². The highest BCUT2D eigenvalue weighted by Gasteiger charge is 2.35. The van der Waals surface area contributed by atoms with Crippen LogP contribution in [-0.4, -0.2) is 55.7 Å². The number of benzene rings is 2. The number of hydrogen-bond donors (Lipinski definition) is 1. The van der Waals surface area contributed by atoms with Crippen molar-refractivity contribution in [2.24, 2.45) is 0 Å². The molecule has 1 N–H and O–H groups in total. The van der Waals surface area contributed by atoms with Crippen LogP contribution in [0.4, 0.5) is 0 Å². The highest BCUT2D eigenvalue weighted by atomic mass is 32.2. The number of amides is 2. The van der Waals surface area contributed by atoms with Crippen LogP contribution in [0.15, 0.2) is 42.5 Å². The molecule has 1 atom stereocenters. The number of rotatable bonds is 7. The molecule has 3 rings (SSSR count). The van der Waals surface area contributed by atoms with Crippen molar-refractivity contribution < 1.29 is 23.8 Å². The summed E-state index contributed by atoms with van der Waals surface area (Å²) in [7, 11) is 4.63. The second-order valence-electron chi connectivity index (χ2n) is 6.41. The Morgan fingerprint density at radius 1 is 1.07 bits per heavy atom. The van der Waals surface area contributed by atoms with Gasteiger partial charge in [0, 0.05) is 17.9 Å². The lowest BCUT2D eigenvalue weighted by Gasteiger charge is -2.23. The molecule has 0 bridgehead atoms. The highest BCUT2D eigenvalue weighted by molar-refractivity contribution is 7.99. The number of thioether (sulfide) groups is 1. The maximum atomic E-state index is 12.8. The van der Waals surface area contributed by atoms with Crippen LogP contribution >= 0.6 is 11.8 Å². The maximum Gasteiger partial charge on any atom is 0.255 e. The molecule has 1 unspecified atom stereocenters. The van der Waals surface area contributed by atoms with Gasteiger partial charge in [0.05, 0.1) is 27.2 Å². The van der Waals surface area contributed by atoms with Crippen LogP contribution in [0.5, 0.6) is 17.2 Å². The molecule has 1 heterocycles. The minimum absolute atomic E-state index is 0.136. The van der Waals surface area contributed by atoms with Crippen molar-refractivity contribution in [3.63, 3.8) is 0 Å². The monoisotopic (exact) mass is 416 g/mol. The van der Waals surface area contributed by atoms with Gasteiger partial charge in [0.2, 0.25) is 11.7 Å². The lowest BCUT2D eigenvalue weighted by atomic mass is 10.1. The smallest absolute Gasteiger partial charge is 0.255 e. The number of carbonyl (C=O) groups excluding carboxylic acids is 2. The fourth-order valence-corrected chi connectivity index (χ4v) is 4.30. The Bertz CT molecular complexity index is 850. The van der Waals surface area contributed by atoms with Gasteiger partial charge in [-0.25, -0.2) is 0 Å². The number of methoxy groups -OCH3 is 3. The van der Waals surface area contributed by atoms with Crippen molar-refractivity contribution in [2.75, 3.05) is 33.0 Å². The molecule has 0 saturated carbocycles. The van der Waals surface area contributed by atoms with Crippen LogP contribution in [-0.2, 0) is 11.3 Å². The van der Waals surface area contributed by atoms with E-state index in [-0.39, 0.29) is 18.4 Å². The van der Waals surface area contributed by atoms with Crippen molar-refractivity contribution >= 4 is 23.6 Å². The first-order valence-electron chi connectivity index (χ1n) is 9.09. The molecular formula is C21H24N2O5S. The minimum Gasteiger partial charge on any atom is -0.493 e. The number of hydrogen-bond acceptors (Lipinski definition) is 6. The average Bonchev–Trinajstić information content (AvgIpc) is 3.26. The molecule has 2 aromatic rings. The highest BCUT2D eigenvalue weighted by Crippen LogP contribution is 2.38. The first-order chi connectivity index (χ1) is 14.1. The van der Waals surface area contributed by atoms with E-state index in [1.165, 1.54) is 7.11 Å². The van der Waals surface area contributed by atoms with Gasteiger partial charge in [-0.15, -0.1) is 11.8 Å². The van der Waals surface area contributed by atoms with Crippen LogP contribution < -0.4 is 19.5 Å². The van der Waals surface area contributed by atoms with E-state index in [2.05, 4.69) is 5.32 Å². The summed E-state index contributed by atoms with van der Waals surface area (Å²) >= 11 is 1.57. The van der Waals surface area contributed by atoms with Crippen LogP contribution in [0, 0.1) is 0 Å². The third kappa shape index (κ3) is 4.59. The van der Waals surface area contributed by atoms with Crippen LogP contribution in [0.2, 0.25) is 0 Å². The predicted octanol–water partition coefficient (Wildman–Crippen LogP) is 2.54. The van der Waals surface area contributed by atoms with Crippen molar-refractivity contribution in [3.8, 4) is 17.2 Å². The van der Waals surface area contributed by atoms with Crippen LogP contribution in [0.3, 0.4) is 0 Å². The number of nitrogens with zero attached hydrogens (tertiary/aromatic N) is 1. The Hall–Kier alpha value is -2.87. The van der Waals surface area contributed by atoms with Crippen molar-refractivity contribution in [1.82, 2.24) is 10.2 Å². The summed E-state index contributed by atoms with van der Waals surface area (Å²) in [5.41, 5.74) is 1.39. The van der Waals surface area contributed by atoms with E-state index >= 15 is 0 Å². The molecule has 1 aliphatic rings. The molecule has 0 aliphatic carbocycles. The molecular weight excluding hydrogens is 392 g/mol. The van der Waals surface area contributed by atoms with E-state index < -0.39 is 6.04 Å². The molecule has 7 nitrogen and oxygen atoms in total. The van der Waals surface area contributed by atoms with Gasteiger partial charge < -0.3 is 24.4 Å². The Balaban J connectivity index is 1.69. The largest absolute Gasteiger partial charge is 0.493 e. The molecule has 0 radical (unpaired) electrons. The Kier molecular flexibility index (Phi) is 6.87. The number of carbonyl (C=O) groups is 2. The molecule has 0 spiro atoms. The molecule has 1 saturated heterocycles. The average molecular weight is 416 g/mol. The summed E-state index contributed by atoms with van der Waals surface area (Å²) in [6, 6.07) is 12.1. The molecule has 1 aliphatic heterocycles. The Morgan fingerprint density at radius 2 is 1.72 bits per heavy atom. The molecule has 29 heavy (non-hydrogen) atoms. The van der Waals surface area contributed by atoms with Crippen LogP contribution in [0.25, 0.3) is 0 Å². The Morgan fingerprint density at radius 3 is 2.31 bits per heavy atom. The molecule has 8 heteroatoms. The lowest BCUT2D eigenvalue weighted by Crippen LogP contribution is -2.47. The Labute approximate surface area is 174 Å². The van der Waals surface area contributed by atoms with E-state index in [1.807, 2.05) is 18.2 Å². The standard InChI is InChI=1S/C21H24N2O5S/c1-26-17-9-14(10-18(27-2)19(17)28-3)11-22-20(24)16-12-29-13-23(16)21(25)15-7-5-4-6-8-15/h4-10,16H,11-13H2,1-3H3,(H,22,24). The van der Waals surface area contributed by atoms with E-state index in [1.54, 1.807) is 55.1 Å². The van der Waals surface area contributed by atoms with Gasteiger partial charge in [0.15, 0.2) is 11.5 Å². The summed E-state index contributed by atoms with van der Waals surface area (Å²) < 4.78 is 16.0. The number of ether oxygens (including phenoxy) is 3. The van der Waals surface area contributed by atoms with E-state index in [9.17, 15) is 9.59 Å². The SMILES string of the molecule is COc1cc(CNC(=O)C2CSCN2C(=O)c2ccccc2)cc(OC)c1OC. The summed E-state index contributed by atoms with van der Waals surface area (Å²) in [6.07, 6.45) is 0. The molecule has 0 aromatic heterocycles. The zero-order valence-electron chi connectivity index (χ0n) is 16.6. The summed E-state index contributed by atoms with van der Waals surface area (Å²) in [6.45, 7) is 0.282. The van der Waals surface area contributed by atoms with Gasteiger partial charge in [-0.05, 0) is 29.8 Å². The van der Waals surface area contributed by atoms with Gasteiger partial charge in [0.25, 0.3) is 5.91 Å². The molecule has 2 amide bonds. The second-order valence-corrected chi connectivity index (χ2v) is 7.41. The van der Waals surface area contributed by atoms with Gasteiger partial charge >= 0.3 is 0 Å². The lowest BCUT2D eigenvalue weighted by molar-refractivity contribution is -0.124. The summed E-state index contributed by atoms with van der Waals surface area (Å²) in [5, 5.41) is 2.92. The zero-order valence-corrected chi connectivity index (χ0v) is 17.5. The van der Waals surface area contributed by atoms with Gasteiger partial charge in [0.1, 0.15) is 6.04 Å². The zero-order chi connectivity index (χ0) is 20.8. The number of nitrogens with one attached hydrogen (secondary N) is 1. The van der Waals surface area contributed by atoms with E-state index in [0.29, 0.717) is 34.4 Å². The topological polar surface area (TPSA) is 77.1 Å². The molecule has 2 aromatic carbocycles. The third-order valence-corrected chi connectivity index (χ3v) is 5.67. The summed E-state index contributed by atoms with van der Waals surface area (Å²) in [5.74, 6) is 2.28. The first kappa shape index (κ1) is 20.9. The van der Waals surface area contributed by atoms with E-state index in [4.69, 9.17) is 14.2 Å². The predicted molar refractivity (Wildman–Crippen MR) is 112 cm³/mol. The van der Waals surface area contributed by atoms with E-state index in [0.717, 1.165) is 5.56 Å².